The van der Waals surface area contributed by atoms with Crippen molar-refractivity contribution in [3.8, 4) is 0 Å². The molecule has 0 bridgehead atoms. The minimum absolute atomic E-state index is 0.208. The van der Waals surface area contributed by atoms with Crippen molar-refractivity contribution in [2.24, 2.45) is 0 Å². The highest BCUT2D eigenvalue weighted by Gasteiger charge is 2.53. The minimum Gasteiger partial charge on any atom is -0.394 e. The van der Waals surface area contributed by atoms with Crippen molar-refractivity contribution in [1.29, 1.82) is 0 Å². The SMILES string of the molecule is CC/C=C\C/C=C\C/C=C\C/C=C\C/C=C\C/C=C\C/C=C\C/C=C\C/C=C\C/C=C\CCCCCCCCC(=O)NC(COC1OC(CO)C(OC2OC(CO)C(OC3OC(CO)C(O)C(O)C3O)C(O)C2O)C(O)C1O)C(O)/C=C/CC/C=C/CCCCCCCCCC. The van der Waals surface area contributed by atoms with E-state index >= 15 is 0 Å². The largest absolute Gasteiger partial charge is 0.394 e. The maximum Gasteiger partial charge on any atom is 0.220 e. The third-order valence-electron chi connectivity index (χ3n) is 16.9. The molecule has 546 valence electrons. The van der Waals surface area contributed by atoms with Crippen LogP contribution in [0.5, 0.6) is 0 Å². The van der Waals surface area contributed by atoms with Crippen LogP contribution in [-0.2, 0) is 33.2 Å². The number of ether oxygens (including phenoxy) is 6. The van der Waals surface area contributed by atoms with Gasteiger partial charge in [-0.3, -0.25) is 4.79 Å². The molecule has 0 spiro atoms. The molecule has 0 radical (unpaired) electrons. The second-order valence-corrected chi connectivity index (χ2v) is 25.0. The third kappa shape index (κ3) is 37.2. The summed E-state index contributed by atoms with van der Waals surface area (Å²) in [7, 11) is 0. The highest BCUT2D eigenvalue weighted by Crippen LogP contribution is 2.33. The lowest BCUT2D eigenvalue weighted by Crippen LogP contribution is -2.66. The van der Waals surface area contributed by atoms with Crippen LogP contribution in [0.4, 0.5) is 0 Å². The zero-order chi connectivity index (χ0) is 69.6. The maximum atomic E-state index is 13.4. The molecule has 1 amide bonds. The molecule has 0 aromatic carbocycles. The number of nitrogens with one attached hydrogen (secondary N) is 1. The lowest BCUT2D eigenvalue weighted by molar-refractivity contribution is -0.379. The molecule has 0 saturated carbocycles. The van der Waals surface area contributed by atoms with E-state index in [4.69, 9.17) is 28.4 Å². The number of rotatable bonds is 53. The smallest absolute Gasteiger partial charge is 0.220 e. The first-order valence-corrected chi connectivity index (χ1v) is 36.1. The van der Waals surface area contributed by atoms with Gasteiger partial charge in [-0.25, -0.2) is 0 Å². The van der Waals surface area contributed by atoms with E-state index in [0.29, 0.717) is 12.8 Å². The molecule has 19 heteroatoms. The van der Waals surface area contributed by atoms with Gasteiger partial charge in [0, 0.05) is 6.42 Å². The van der Waals surface area contributed by atoms with Crippen LogP contribution in [0, 0.1) is 0 Å². The van der Waals surface area contributed by atoms with Gasteiger partial charge in [-0.05, 0) is 109 Å². The molecule has 3 rings (SSSR count). The predicted octanol–water partition coefficient (Wildman–Crippen LogP) is 10.3. The second-order valence-electron chi connectivity index (χ2n) is 25.0. The van der Waals surface area contributed by atoms with E-state index in [1.165, 1.54) is 44.9 Å². The van der Waals surface area contributed by atoms with Gasteiger partial charge in [-0.1, -0.05) is 230 Å². The molecule has 3 heterocycles. The molecule has 19 nitrogen and oxygen atoms in total. The van der Waals surface area contributed by atoms with Gasteiger partial charge < -0.3 is 89.9 Å². The minimum atomic E-state index is -1.99. The van der Waals surface area contributed by atoms with E-state index in [1.807, 2.05) is 6.08 Å². The van der Waals surface area contributed by atoms with E-state index in [0.717, 1.165) is 122 Å². The van der Waals surface area contributed by atoms with Crippen LogP contribution < -0.4 is 5.32 Å². The molecule has 96 heavy (non-hydrogen) atoms. The van der Waals surface area contributed by atoms with E-state index in [9.17, 15) is 61.0 Å². The van der Waals surface area contributed by atoms with Crippen molar-refractivity contribution < 1.29 is 89.4 Å². The molecule has 0 aromatic heterocycles. The lowest BCUT2D eigenvalue weighted by atomic mass is 9.96. The molecule has 17 atom stereocenters. The fourth-order valence-corrected chi connectivity index (χ4v) is 11.1. The van der Waals surface area contributed by atoms with Crippen LogP contribution in [0.1, 0.15) is 200 Å². The van der Waals surface area contributed by atoms with Crippen LogP contribution in [0.2, 0.25) is 0 Å². The molecule has 3 aliphatic rings. The highest BCUT2D eigenvalue weighted by molar-refractivity contribution is 5.76. The van der Waals surface area contributed by atoms with Crippen LogP contribution in [-0.4, -0.2) is 193 Å². The van der Waals surface area contributed by atoms with Gasteiger partial charge in [0.15, 0.2) is 18.9 Å². The average Bonchev–Trinajstić information content (AvgIpc) is 0.787. The molecule has 3 fully saturated rings. The summed E-state index contributed by atoms with van der Waals surface area (Å²) in [6, 6.07) is -1.01. The van der Waals surface area contributed by atoms with Gasteiger partial charge in [0.25, 0.3) is 0 Å². The van der Waals surface area contributed by atoms with Crippen LogP contribution in [0.15, 0.2) is 146 Å². The highest BCUT2D eigenvalue weighted by atomic mass is 16.8. The number of carbonyl (C=O) groups excluding carboxylic acids is 1. The number of amides is 1. The molecule has 3 aliphatic heterocycles. The van der Waals surface area contributed by atoms with Crippen molar-refractivity contribution in [1.82, 2.24) is 5.32 Å². The summed E-state index contributed by atoms with van der Waals surface area (Å²) < 4.78 is 34.3. The number of allylic oxidation sites excluding steroid dienone is 23. The Kier molecular flexibility index (Phi) is 50.5. The molecule has 3 saturated heterocycles. The van der Waals surface area contributed by atoms with Crippen LogP contribution in [0.3, 0.4) is 0 Å². The quantitative estimate of drug-likeness (QED) is 0.0199. The van der Waals surface area contributed by atoms with Crippen molar-refractivity contribution in [3.05, 3.63) is 146 Å². The molecule has 0 aliphatic carbocycles. The number of hydrogen-bond donors (Lipinski definition) is 12. The first-order valence-electron chi connectivity index (χ1n) is 36.1. The monoisotopic (exact) mass is 1350 g/mol. The van der Waals surface area contributed by atoms with Gasteiger partial charge in [-0.2, -0.15) is 0 Å². The first kappa shape index (κ1) is 85.9. The Morgan fingerprint density at radius 3 is 1.17 bits per heavy atom. The van der Waals surface area contributed by atoms with Crippen molar-refractivity contribution >= 4 is 5.91 Å². The van der Waals surface area contributed by atoms with Gasteiger partial charge in [-0.15, -0.1) is 0 Å². The molecular formula is C77H125NO18. The maximum absolute atomic E-state index is 13.4. The summed E-state index contributed by atoms with van der Waals surface area (Å²) in [5, 5.41) is 120. The standard InChI is InChI=1S/C77H125NO18/c1-3-5-7-9-11-13-15-17-19-20-21-22-23-24-25-26-27-28-29-30-31-32-33-34-35-36-37-38-39-40-41-43-45-47-49-51-53-55-65(83)78-60(61(82)54-52-50-48-46-44-42-18-16-14-12-10-8-6-4-2)59-91-75-71(89)68(86)73(63(57-80)93-75)96-77-72(90)69(87)74(64(58-81)94-77)95-76-70(88)67(85)66(84)62(56-79)92-76/h5,7,11,13,17,19,21-22,24-25,27-28,30-31,33-34,36-37,39-40,44,46,52,54,60-64,66-77,79-82,84-90H,3-4,6,8-10,12,14-16,18,20,23,26,29,32,35,38,41-43,45,47-51,53,55-59H2,1-2H3,(H,78,83)/b7-5-,13-11-,19-17-,22-21-,25-24-,28-27-,31-30-,34-33-,37-36-,40-39-,46-44+,54-52+. The van der Waals surface area contributed by atoms with Gasteiger partial charge in [0.2, 0.25) is 5.91 Å². The summed E-state index contributed by atoms with van der Waals surface area (Å²) in [4.78, 5) is 13.4. The summed E-state index contributed by atoms with van der Waals surface area (Å²) in [6.07, 6.45) is 54.0. The summed E-state index contributed by atoms with van der Waals surface area (Å²) in [6.45, 7) is 1.55. The topological polar surface area (TPSA) is 307 Å². The fourth-order valence-electron chi connectivity index (χ4n) is 11.1. The molecule has 17 unspecified atom stereocenters. The van der Waals surface area contributed by atoms with Crippen molar-refractivity contribution in [2.75, 3.05) is 26.4 Å². The number of unbranched alkanes of at least 4 members (excludes halogenated alkanes) is 15. The molecule has 12 N–H and O–H groups in total. The first-order chi connectivity index (χ1) is 46.8. The molecule has 0 aromatic rings. The molecular weight excluding hydrogens is 1230 g/mol. The van der Waals surface area contributed by atoms with Gasteiger partial charge in [0.1, 0.15) is 73.2 Å². The van der Waals surface area contributed by atoms with E-state index in [2.05, 4.69) is 153 Å². The van der Waals surface area contributed by atoms with E-state index in [1.54, 1.807) is 6.08 Å². The van der Waals surface area contributed by atoms with Gasteiger partial charge >= 0.3 is 0 Å². The predicted molar refractivity (Wildman–Crippen MR) is 378 cm³/mol. The summed E-state index contributed by atoms with van der Waals surface area (Å²) in [5.41, 5.74) is 0. The normalized spacial score (nSPS) is 27.9. The Hall–Kier alpha value is -4.33. The Morgan fingerprint density at radius 1 is 0.385 bits per heavy atom. The fraction of sp³-hybridized carbons (Fsp3) is 0.675. The zero-order valence-corrected chi connectivity index (χ0v) is 57.8. The lowest BCUT2D eigenvalue weighted by Gasteiger charge is -2.48. The van der Waals surface area contributed by atoms with Crippen molar-refractivity contribution in [2.45, 2.75) is 304 Å². The number of aliphatic hydroxyl groups is 11. The van der Waals surface area contributed by atoms with Crippen molar-refractivity contribution in [3.63, 3.8) is 0 Å². The van der Waals surface area contributed by atoms with Crippen LogP contribution >= 0.6 is 0 Å². The Bertz CT molecular complexity index is 2310. The summed E-state index contributed by atoms with van der Waals surface area (Å²) in [5.74, 6) is -0.308. The Morgan fingerprint density at radius 2 is 0.729 bits per heavy atom. The van der Waals surface area contributed by atoms with Crippen LogP contribution in [0.25, 0.3) is 0 Å². The number of aliphatic hydroxyl groups excluding tert-OH is 11. The second kappa shape index (κ2) is 56.4. The third-order valence-corrected chi connectivity index (χ3v) is 16.9. The van der Waals surface area contributed by atoms with E-state index < -0.39 is 124 Å². The Labute approximate surface area is 574 Å². The average molecular weight is 1350 g/mol. The zero-order valence-electron chi connectivity index (χ0n) is 57.8. The number of carbonyl (C=O) groups is 1. The number of hydrogen-bond acceptors (Lipinski definition) is 18. The van der Waals surface area contributed by atoms with Gasteiger partial charge in [0.05, 0.1) is 38.6 Å². The summed E-state index contributed by atoms with van der Waals surface area (Å²) >= 11 is 0. The Balaban J connectivity index is 1.38. The van der Waals surface area contributed by atoms with E-state index in [-0.39, 0.29) is 18.9 Å².